The van der Waals surface area contributed by atoms with Gasteiger partial charge in [-0.2, -0.15) is 0 Å². The summed E-state index contributed by atoms with van der Waals surface area (Å²) in [4.78, 5) is 25.0. The van der Waals surface area contributed by atoms with Gasteiger partial charge in [-0.3, -0.25) is 4.79 Å². The van der Waals surface area contributed by atoms with Gasteiger partial charge in [0.2, 0.25) is 0 Å². The van der Waals surface area contributed by atoms with E-state index < -0.39 is 5.41 Å². The smallest absolute Gasteiger partial charge is 0.155 e. The quantitative estimate of drug-likeness (QED) is 0.499. The van der Waals surface area contributed by atoms with Crippen molar-refractivity contribution in [2.24, 2.45) is 17.3 Å². The fraction of sp³-hybridized carbons (Fsp3) is 0.680. The van der Waals surface area contributed by atoms with Crippen LogP contribution < -0.4 is 0 Å². The first-order valence-corrected chi connectivity index (χ1v) is 11.0. The standard InChI is InChI=1S/C25H38O4/c1-18(10-9-11-19(2)26)16-22(17-21-12-7-6-8-13-21)24(27)25(4,5)23-14-15-28-20(3)29-23/h6-8,12-13,18,20,22-23H,9-11,14-17H2,1-5H3. The van der Waals surface area contributed by atoms with E-state index in [0.29, 0.717) is 18.9 Å². The molecule has 4 atom stereocenters. The zero-order valence-corrected chi connectivity index (χ0v) is 18.8. The van der Waals surface area contributed by atoms with Crippen molar-refractivity contribution < 1.29 is 19.1 Å². The van der Waals surface area contributed by atoms with E-state index in [1.807, 2.05) is 39.0 Å². The predicted molar refractivity (Wildman–Crippen MR) is 116 cm³/mol. The lowest BCUT2D eigenvalue weighted by Crippen LogP contribution is -2.47. The summed E-state index contributed by atoms with van der Waals surface area (Å²) in [6, 6.07) is 10.3. The van der Waals surface area contributed by atoms with Gasteiger partial charge in [-0.15, -0.1) is 0 Å². The van der Waals surface area contributed by atoms with Crippen molar-refractivity contribution >= 4 is 11.6 Å². The van der Waals surface area contributed by atoms with Crippen molar-refractivity contribution in [3.8, 4) is 0 Å². The summed E-state index contributed by atoms with van der Waals surface area (Å²) in [5.74, 6) is 0.860. The molecule has 0 amide bonds. The van der Waals surface area contributed by atoms with Crippen molar-refractivity contribution in [2.45, 2.75) is 85.5 Å². The molecular formula is C25H38O4. The molecule has 162 valence electrons. The number of benzene rings is 1. The molecule has 1 saturated heterocycles. The lowest BCUT2D eigenvalue weighted by Gasteiger charge is -2.40. The molecule has 1 aliphatic heterocycles. The molecule has 1 fully saturated rings. The first kappa shape index (κ1) is 23.8. The largest absolute Gasteiger partial charge is 0.353 e. The summed E-state index contributed by atoms with van der Waals surface area (Å²) in [6.07, 6.45) is 4.45. The Labute approximate surface area is 176 Å². The highest BCUT2D eigenvalue weighted by atomic mass is 16.7. The molecule has 0 radical (unpaired) electrons. The Morgan fingerprint density at radius 3 is 2.52 bits per heavy atom. The topological polar surface area (TPSA) is 52.6 Å². The van der Waals surface area contributed by atoms with Gasteiger partial charge in [-0.05, 0) is 51.0 Å². The number of ether oxygens (including phenoxy) is 2. The molecule has 1 aliphatic rings. The highest BCUT2D eigenvalue weighted by Gasteiger charge is 2.43. The fourth-order valence-corrected chi connectivity index (χ4v) is 4.38. The Balaban J connectivity index is 2.11. The number of ketones is 2. The Bertz CT molecular complexity index is 652. The van der Waals surface area contributed by atoms with E-state index in [1.165, 1.54) is 5.56 Å². The van der Waals surface area contributed by atoms with Crippen molar-refractivity contribution in [1.29, 1.82) is 0 Å². The molecule has 2 rings (SSSR count). The molecule has 1 heterocycles. The molecule has 0 spiro atoms. The maximum Gasteiger partial charge on any atom is 0.155 e. The van der Waals surface area contributed by atoms with Gasteiger partial charge in [-0.1, -0.05) is 57.5 Å². The van der Waals surface area contributed by atoms with E-state index in [1.54, 1.807) is 6.92 Å². The molecular weight excluding hydrogens is 364 g/mol. The molecule has 0 bridgehead atoms. The minimum absolute atomic E-state index is 0.0542. The van der Waals surface area contributed by atoms with Crippen LogP contribution in [0.5, 0.6) is 0 Å². The molecule has 4 unspecified atom stereocenters. The van der Waals surface area contributed by atoms with Crippen LogP contribution in [0, 0.1) is 17.3 Å². The SMILES string of the molecule is CC(=O)CCCC(C)CC(Cc1ccccc1)C(=O)C(C)(C)C1CCOC(C)O1. The summed E-state index contributed by atoms with van der Waals surface area (Å²) in [5, 5.41) is 0. The molecule has 29 heavy (non-hydrogen) atoms. The van der Waals surface area contributed by atoms with Gasteiger partial charge in [-0.25, -0.2) is 0 Å². The molecule has 4 heteroatoms. The molecule has 0 saturated carbocycles. The second-order valence-electron chi connectivity index (χ2n) is 9.26. The zero-order valence-electron chi connectivity index (χ0n) is 18.8. The second kappa shape index (κ2) is 11.0. The molecule has 0 aliphatic carbocycles. The van der Waals surface area contributed by atoms with Crippen LogP contribution in [0.3, 0.4) is 0 Å². The highest BCUT2D eigenvalue weighted by molar-refractivity contribution is 5.87. The molecule has 1 aromatic carbocycles. The van der Waals surface area contributed by atoms with E-state index in [9.17, 15) is 9.59 Å². The van der Waals surface area contributed by atoms with Crippen molar-refractivity contribution in [3.05, 3.63) is 35.9 Å². The van der Waals surface area contributed by atoms with Gasteiger partial charge in [0, 0.05) is 12.3 Å². The van der Waals surface area contributed by atoms with Gasteiger partial charge in [0.1, 0.15) is 11.6 Å². The van der Waals surface area contributed by atoms with Crippen LogP contribution in [0.1, 0.15) is 72.3 Å². The van der Waals surface area contributed by atoms with E-state index in [0.717, 1.165) is 32.1 Å². The van der Waals surface area contributed by atoms with Crippen LogP contribution in [0.15, 0.2) is 30.3 Å². The highest BCUT2D eigenvalue weighted by Crippen LogP contribution is 2.36. The summed E-state index contributed by atoms with van der Waals surface area (Å²) >= 11 is 0. The van der Waals surface area contributed by atoms with Crippen LogP contribution in [0.2, 0.25) is 0 Å². The van der Waals surface area contributed by atoms with Crippen LogP contribution in [0.25, 0.3) is 0 Å². The minimum atomic E-state index is -0.559. The van der Waals surface area contributed by atoms with E-state index in [2.05, 4.69) is 19.1 Å². The van der Waals surface area contributed by atoms with Crippen molar-refractivity contribution in [1.82, 2.24) is 0 Å². The van der Waals surface area contributed by atoms with Crippen LogP contribution in [-0.4, -0.2) is 30.6 Å². The molecule has 1 aromatic rings. The molecule has 4 nitrogen and oxygen atoms in total. The summed E-state index contributed by atoms with van der Waals surface area (Å²) < 4.78 is 11.5. The molecule has 0 aromatic heterocycles. The first-order chi connectivity index (χ1) is 13.7. The summed E-state index contributed by atoms with van der Waals surface area (Å²) in [5.41, 5.74) is 0.634. The average molecular weight is 403 g/mol. The van der Waals surface area contributed by atoms with Gasteiger partial charge in [0.15, 0.2) is 6.29 Å². The summed E-state index contributed by atoms with van der Waals surface area (Å²) in [6.45, 7) is 10.4. The maximum absolute atomic E-state index is 13.7. The van der Waals surface area contributed by atoms with Crippen LogP contribution >= 0.6 is 0 Å². The molecule has 0 N–H and O–H groups in total. The number of rotatable bonds is 11. The fourth-order valence-electron chi connectivity index (χ4n) is 4.38. The van der Waals surface area contributed by atoms with Crippen molar-refractivity contribution in [3.63, 3.8) is 0 Å². The Kier molecular flexibility index (Phi) is 9.04. The van der Waals surface area contributed by atoms with Crippen LogP contribution in [-0.2, 0) is 25.5 Å². The third kappa shape index (κ3) is 7.35. The number of hydrogen-bond acceptors (Lipinski definition) is 4. The normalized spacial score (nSPS) is 22.1. The lowest BCUT2D eigenvalue weighted by atomic mass is 9.71. The third-order valence-electron chi connectivity index (χ3n) is 6.14. The Morgan fingerprint density at radius 2 is 1.90 bits per heavy atom. The number of Topliss-reactive ketones (excluding diaryl/α,β-unsaturated/α-hetero) is 2. The van der Waals surface area contributed by atoms with E-state index in [4.69, 9.17) is 9.47 Å². The lowest BCUT2D eigenvalue weighted by molar-refractivity contribution is -0.226. The second-order valence-corrected chi connectivity index (χ2v) is 9.26. The Morgan fingerprint density at radius 1 is 1.21 bits per heavy atom. The van der Waals surface area contributed by atoms with Gasteiger partial charge in [0.05, 0.1) is 18.1 Å². The number of carbonyl (C=O) groups is 2. The Hall–Kier alpha value is -1.52. The predicted octanol–water partition coefficient (Wildman–Crippen LogP) is 5.38. The maximum atomic E-state index is 13.7. The van der Waals surface area contributed by atoms with E-state index in [-0.39, 0.29) is 29.9 Å². The average Bonchev–Trinajstić information content (AvgIpc) is 2.67. The number of hydrogen-bond donors (Lipinski definition) is 0. The van der Waals surface area contributed by atoms with Crippen LogP contribution in [0.4, 0.5) is 0 Å². The first-order valence-electron chi connectivity index (χ1n) is 11.0. The monoisotopic (exact) mass is 402 g/mol. The van der Waals surface area contributed by atoms with E-state index >= 15 is 0 Å². The zero-order chi connectivity index (χ0) is 21.4. The van der Waals surface area contributed by atoms with Gasteiger partial charge < -0.3 is 14.3 Å². The van der Waals surface area contributed by atoms with Crippen molar-refractivity contribution in [2.75, 3.05) is 6.61 Å². The van der Waals surface area contributed by atoms with Gasteiger partial charge >= 0.3 is 0 Å². The number of carbonyl (C=O) groups excluding carboxylic acids is 2. The minimum Gasteiger partial charge on any atom is -0.353 e. The van der Waals surface area contributed by atoms with Gasteiger partial charge in [0.25, 0.3) is 0 Å². The summed E-state index contributed by atoms with van der Waals surface area (Å²) in [7, 11) is 0. The third-order valence-corrected chi connectivity index (χ3v) is 6.14.